The van der Waals surface area contributed by atoms with Crippen LogP contribution in [0, 0.1) is 6.92 Å². The Morgan fingerprint density at radius 1 is 1.16 bits per heavy atom. The first-order chi connectivity index (χ1) is 15.0. The van der Waals surface area contributed by atoms with Gasteiger partial charge in [-0.2, -0.15) is 5.10 Å². The van der Waals surface area contributed by atoms with Gasteiger partial charge in [0.1, 0.15) is 11.8 Å². The zero-order valence-corrected chi connectivity index (χ0v) is 17.8. The van der Waals surface area contributed by atoms with Gasteiger partial charge < -0.3 is 10.6 Å². The first-order valence-electron chi connectivity index (χ1n) is 10.1. The molecule has 2 aromatic carbocycles. The lowest BCUT2D eigenvalue weighted by molar-refractivity contribution is -0.119. The minimum Gasteiger partial charge on any atom is -0.368 e. The van der Waals surface area contributed by atoms with Gasteiger partial charge in [0.25, 0.3) is 5.91 Å². The maximum absolute atomic E-state index is 13.3. The Morgan fingerprint density at radius 2 is 1.97 bits per heavy atom. The van der Waals surface area contributed by atoms with E-state index in [1.165, 1.54) is 0 Å². The van der Waals surface area contributed by atoms with Gasteiger partial charge in [0, 0.05) is 29.6 Å². The lowest BCUT2D eigenvalue weighted by atomic mass is 10.1. The molecule has 0 saturated heterocycles. The van der Waals surface area contributed by atoms with E-state index in [-0.39, 0.29) is 12.3 Å². The number of benzene rings is 2. The van der Waals surface area contributed by atoms with Crippen LogP contribution in [-0.4, -0.2) is 35.1 Å². The molecule has 2 aliphatic rings. The van der Waals surface area contributed by atoms with Gasteiger partial charge in [-0.3, -0.25) is 14.6 Å². The summed E-state index contributed by atoms with van der Waals surface area (Å²) in [6.45, 7) is 2.57. The van der Waals surface area contributed by atoms with E-state index in [4.69, 9.17) is 5.73 Å². The molecule has 0 unspecified atom stereocenters. The fraction of sp³-hybridized carbons (Fsp3) is 0.217. The number of rotatable bonds is 4. The van der Waals surface area contributed by atoms with Crippen LogP contribution in [-0.2, 0) is 16.0 Å². The molecule has 2 N–H and O–H groups in total. The standard InChI is InChI=1S/C23H21N5O2S/c1-14-25-19(13-31-14)15-7-8-20-16(11-15)9-10-27(20)23(30)18-12-21(22(24)29)28(26-18)17-5-3-2-4-6-17/h2-8,11,13,21H,9-10,12H2,1H3,(H2,24,29)/t21-/m1/s1. The molecule has 8 heteroatoms. The van der Waals surface area contributed by atoms with E-state index < -0.39 is 11.9 Å². The van der Waals surface area contributed by atoms with Crippen molar-refractivity contribution in [2.45, 2.75) is 25.8 Å². The predicted molar refractivity (Wildman–Crippen MR) is 122 cm³/mol. The fourth-order valence-electron chi connectivity index (χ4n) is 4.10. The molecule has 0 radical (unpaired) electrons. The predicted octanol–water partition coefficient (Wildman–Crippen LogP) is 3.13. The summed E-state index contributed by atoms with van der Waals surface area (Å²) in [6, 6.07) is 14.7. The van der Waals surface area contributed by atoms with Gasteiger partial charge in [-0.15, -0.1) is 11.3 Å². The number of hydrogen-bond acceptors (Lipinski definition) is 6. The molecular formula is C23H21N5O2S. The number of nitrogens with zero attached hydrogens (tertiary/aromatic N) is 4. The summed E-state index contributed by atoms with van der Waals surface area (Å²) in [5.74, 6) is -0.680. The second kappa shape index (κ2) is 7.63. The molecule has 31 heavy (non-hydrogen) atoms. The summed E-state index contributed by atoms with van der Waals surface area (Å²) in [7, 11) is 0. The van der Waals surface area contributed by atoms with E-state index in [2.05, 4.69) is 16.2 Å². The molecular weight excluding hydrogens is 410 g/mol. The molecule has 3 aromatic rings. The van der Waals surface area contributed by atoms with Gasteiger partial charge in [0.05, 0.1) is 16.4 Å². The van der Waals surface area contributed by atoms with E-state index in [0.29, 0.717) is 12.3 Å². The number of thiazole rings is 1. The Kier molecular flexibility index (Phi) is 4.78. The normalized spacial score (nSPS) is 17.6. The number of nitrogens with two attached hydrogens (primary N) is 1. The van der Waals surface area contributed by atoms with Gasteiger partial charge in [-0.25, -0.2) is 4.98 Å². The Balaban J connectivity index is 1.42. The highest BCUT2D eigenvalue weighted by molar-refractivity contribution is 7.09. The lowest BCUT2D eigenvalue weighted by Crippen LogP contribution is -2.40. The van der Waals surface area contributed by atoms with Crippen LogP contribution in [0.15, 0.2) is 59.0 Å². The molecule has 2 amide bonds. The first kappa shape index (κ1) is 19.4. The largest absolute Gasteiger partial charge is 0.368 e. The van der Waals surface area contributed by atoms with Gasteiger partial charge in [-0.05, 0) is 43.2 Å². The number of carbonyl (C=O) groups excluding carboxylic acids is 2. The third-order valence-corrected chi connectivity index (χ3v) is 6.41. The number of hydrogen-bond donors (Lipinski definition) is 1. The molecule has 0 fully saturated rings. The van der Waals surface area contributed by atoms with E-state index in [1.54, 1.807) is 21.2 Å². The van der Waals surface area contributed by atoms with Crippen molar-refractivity contribution in [3.8, 4) is 11.3 Å². The zero-order valence-electron chi connectivity index (χ0n) is 17.0. The van der Waals surface area contributed by atoms with Crippen molar-refractivity contribution in [2.75, 3.05) is 16.5 Å². The summed E-state index contributed by atoms with van der Waals surface area (Å²) in [5.41, 5.74) is 10.7. The topological polar surface area (TPSA) is 91.9 Å². The minimum absolute atomic E-state index is 0.180. The van der Waals surface area contributed by atoms with Gasteiger partial charge in [0.15, 0.2) is 0 Å². The molecule has 1 aromatic heterocycles. The number of para-hydroxylation sites is 1. The zero-order chi connectivity index (χ0) is 21.5. The summed E-state index contributed by atoms with van der Waals surface area (Å²) in [5, 5.41) is 9.12. The molecule has 0 saturated carbocycles. The summed E-state index contributed by atoms with van der Waals surface area (Å²) >= 11 is 1.62. The van der Waals surface area contributed by atoms with Crippen molar-refractivity contribution in [3.05, 3.63) is 64.5 Å². The lowest BCUT2D eigenvalue weighted by Gasteiger charge is -2.20. The van der Waals surface area contributed by atoms with Crippen molar-refractivity contribution in [2.24, 2.45) is 10.8 Å². The number of primary amides is 1. The highest BCUT2D eigenvalue weighted by Crippen LogP contribution is 2.34. The van der Waals surface area contributed by atoms with Gasteiger partial charge >= 0.3 is 0 Å². The summed E-state index contributed by atoms with van der Waals surface area (Å²) in [6.07, 6.45) is 0.970. The molecule has 1 atom stereocenters. The first-order valence-corrected chi connectivity index (χ1v) is 11.0. The van der Waals surface area contributed by atoms with Crippen LogP contribution in [0.1, 0.15) is 17.0 Å². The van der Waals surface area contributed by atoms with Crippen LogP contribution in [0.25, 0.3) is 11.3 Å². The van der Waals surface area contributed by atoms with Crippen molar-refractivity contribution < 1.29 is 9.59 Å². The third kappa shape index (κ3) is 3.48. The average Bonchev–Trinajstić information content (AvgIpc) is 3.51. The Labute approximate surface area is 183 Å². The molecule has 0 aliphatic carbocycles. The average molecular weight is 432 g/mol. The number of fused-ring (bicyclic) bond motifs is 1. The van der Waals surface area contributed by atoms with Crippen LogP contribution in [0.4, 0.5) is 11.4 Å². The van der Waals surface area contributed by atoms with Crippen LogP contribution < -0.4 is 15.6 Å². The van der Waals surface area contributed by atoms with E-state index in [1.807, 2.05) is 54.8 Å². The molecule has 156 valence electrons. The van der Waals surface area contributed by atoms with E-state index >= 15 is 0 Å². The molecule has 5 rings (SSSR count). The highest BCUT2D eigenvalue weighted by atomic mass is 32.1. The highest BCUT2D eigenvalue weighted by Gasteiger charge is 2.38. The maximum atomic E-state index is 13.3. The number of amides is 2. The van der Waals surface area contributed by atoms with Crippen molar-refractivity contribution >= 4 is 40.2 Å². The number of aromatic nitrogens is 1. The maximum Gasteiger partial charge on any atom is 0.274 e. The number of hydrazone groups is 1. The Hall–Kier alpha value is -3.52. The second-order valence-electron chi connectivity index (χ2n) is 7.65. The molecule has 2 aliphatic heterocycles. The van der Waals surface area contributed by atoms with Crippen molar-refractivity contribution in [1.29, 1.82) is 0 Å². The van der Waals surface area contributed by atoms with Gasteiger partial charge in [-0.1, -0.05) is 24.3 Å². The van der Waals surface area contributed by atoms with Gasteiger partial charge in [0.2, 0.25) is 5.91 Å². The van der Waals surface area contributed by atoms with E-state index in [0.717, 1.165) is 39.6 Å². The van der Waals surface area contributed by atoms with Crippen molar-refractivity contribution in [1.82, 2.24) is 4.98 Å². The number of aryl methyl sites for hydroxylation is 1. The summed E-state index contributed by atoms with van der Waals surface area (Å²) in [4.78, 5) is 31.6. The van der Waals surface area contributed by atoms with Crippen molar-refractivity contribution in [3.63, 3.8) is 0 Å². The molecule has 0 spiro atoms. The summed E-state index contributed by atoms with van der Waals surface area (Å²) < 4.78 is 0. The Morgan fingerprint density at radius 3 is 2.68 bits per heavy atom. The Bertz CT molecular complexity index is 1200. The smallest absolute Gasteiger partial charge is 0.274 e. The second-order valence-corrected chi connectivity index (χ2v) is 8.71. The molecule has 7 nitrogen and oxygen atoms in total. The van der Waals surface area contributed by atoms with Crippen LogP contribution in [0.2, 0.25) is 0 Å². The van der Waals surface area contributed by atoms with Crippen LogP contribution >= 0.6 is 11.3 Å². The molecule has 0 bridgehead atoms. The minimum atomic E-state index is -0.668. The fourth-order valence-corrected chi connectivity index (χ4v) is 4.73. The quantitative estimate of drug-likeness (QED) is 0.687. The SMILES string of the molecule is Cc1nc(-c2ccc3c(c2)CCN3C(=O)C2=NN(c3ccccc3)[C@@H](C(N)=O)C2)cs1. The number of carbonyl (C=O) groups is 2. The van der Waals surface area contributed by atoms with E-state index in [9.17, 15) is 9.59 Å². The third-order valence-electron chi connectivity index (χ3n) is 5.64. The monoisotopic (exact) mass is 431 g/mol. The molecule has 3 heterocycles. The van der Waals surface area contributed by atoms with Crippen LogP contribution in [0.5, 0.6) is 0 Å². The van der Waals surface area contributed by atoms with Crippen LogP contribution in [0.3, 0.4) is 0 Å². The number of anilines is 2.